The van der Waals surface area contributed by atoms with Gasteiger partial charge in [-0.2, -0.15) is 5.10 Å². The number of halogens is 1. The molecular formula is C9H16ClN3O2S. The van der Waals surface area contributed by atoms with Crippen molar-refractivity contribution in [2.45, 2.75) is 26.2 Å². The number of rotatable bonds is 7. The maximum atomic E-state index is 11.6. The molecule has 1 rings (SSSR count). The highest BCUT2D eigenvalue weighted by Gasteiger charge is 2.13. The molecule has 92 valence electrons. The van der Waals surface area contributed by atoms with Crippen LogP contribution in [0.25, 0.3) is 0 Å². The number of alkyl halides is 1. The van der Waals surface area contributed by atoms with Crippen molar-refractivity contribution in [1.82, 2.24) is 10.2 Å². The van der Waals surface area contributed by atoms with Crippen molar-refractivity contribution >= 4 is 27.4 Å². The first-order valence-corrected chi connectivity index (χ1v) is 7.36. The third-order valence-electron chi connectivity index (χ3n) is 2.15. The number of hydrogen-bond donors (Lipinski definition) is 2. The molecule has 0 aliphatic rings. The quantitative estimate of drug-likeness (QED) is 0.582. The van der Waals surface area contributed by atoms with E-state index in [-0.39, 0.29) is 5.75 Å². The average molecular weight is 266 g/mol. The van der Waals surface area contributed by atoms with E-state index in [1.807, 2.05) is 6.92 Å². The number of anilines is 1. The Morgan fingerprint density at radius 2 is 2.25 bits per heavy atom. The summed E-state index contributed by atoms with van der Waals surface area (Å²) >= 11 is 5.49. The van der Waals surface area contributed by atoms with E-state index in [9.17, 15) is 8.42 Å². The number of hydrogen-bond acceptors (Lipinski definition) is 3. The summed E-state index contributed by atoms with van der Waals surface area (Å²) in [5.41, 5.74) is 0.862. The van der Waals surface area contributed by atoms with Crippen molar-refractivity contribution in [1.29, 1.82) is 0 Å². The molecule has 0 aromatic carbocycles. The van der Waals surface area contributed by atoms with Crippen LogP contribution in [0.4, 0.5) is 5.82 Å². The summed E-state index contributed by atoms with van der Waals surface area (Å²) < 4.78 is 25.8. The summed E-state index contributed by atoms with van der Waals surface area (Å²) in [6.07, 6.45) is 3.62. The van der Waals surface area contributed by atoms with Gasteiger partial charge in [0.1, 0.15) is 5.82 Å². The number of sulfonamides is 1. The lowest BCUT2D eigenvalue weighted by molar-refractivity contribution is 0.597. The van der Waals surface area contributed by atoms with Crippen LogP contribution in [0.3, 0.4) is 0 Å². The first kappa shape index (κ1) is 13.3. The smallest absolute Gasteiger partial charge is 0.233 e. The molecule has 0 fully saturated rings. The predicted octanol–water partition coefficient (Wildman–Crippen LogP) is 1.73. The fraction of sp³-hybridized carbons (Fsp3) is 0.667. The van der Waals surface area contributed by atoms with Crippen LogP contribution >= 0.6 is 11.6 Å². The van der Waals surface area contributed by atoms with E-state index < -0.39 is 10.0 Å². The summed E-state index contributed by atoms with van der Waals surface area (Å²) in [7, 11) is -3.29. The Hall–Kier alpha value is -0.750. The number of H-pyrrole nitrogens is 1. The molecule has 0 aliphatic heterocycles. The molecule has 0 amide bonds. The van der Waals surface area contributed by atoms with Gasteiger partial charge in [-0.15, -0.1) is 11.6 Å². The zero-order chi connectivity index (χ0) is 12.0. The van der Waals surface area contributed by atoms with E-state index in [0.29, 0.717) is 24.5 Å². The lowest BCUT2D eigenvalue weighted by atomic mass is 10.3. The summed E-state index contributed by atoms with van der Waals surface area (Å²) in [6.45, 7) is 1.94. The van der Waals surface area contributed by atoms with E-state index in [1.54, 1.807) is 6.20 Å². The Morgan fingerprint density at radius 3 is 2.88 bits per heavy atom. The van der Waals surface area contributed by atoms with Crippen molar-refractivity contribution in [2.75, 3.05) is 16.4 Å². The molecule has 0 spiro atoms. The number of nitrogens with zero attached hydrogens (tertiary/aromatic N) is 1. The molecule has 0 saturated carbocycles. The third-order valence-corrected chi connectivity index (χ3v) is 3.76. The Morgan fingerprint density at radius 1 is 1.50 bits per heavy atom. The van der Waals surface area contributed by atoms with Crippen molar-refractivity contribution in [3.8, 4) is 0 Å². The van der Waals surface area contributed by atoms with Crippen molar-refractivity contribution in [2.24, 2.45) is 0 Å². The van der Waals surface area contributed by atoms with Gasteiger partial charge in [0, 0.05) is 11.4 Å². The molecule has 5 nitrogen and oxygen atoms in total. The maximum absolute atomic E-state index is 11.6. The molecule has 2 N–H and O–H groups in total. The predicted molar refractivity (Wildman–Crippen MR) is 65.3 cm³/mol. The topological polar surface area (TPSA) is 74.8 Å². The second-order valence-corrected chi connectivity index (χ2v) is 5.66. The Kier molecular flexibility index (Phi) is 5.08. The van der Waals surface area contributed by atoms with Crippen LogP contribution in [0.15, 0.2) is 6.20 Å². The molecule has 16 heavy (non-hydrogen) atoms. The van der Waals surface area contributed by atoms with Crippen LogP contribution in [0, 0.1) is 0 Å². The summed E-state index contributed by atoms with van der Waals surface area (Å²) in [5.74, 6) is 1.04. The maximum Gasteiger partial charge on any atom is 0.233 e. The van der Waals surface area contributed by atoms with E-state index in [1.165, 1.54) is 0 Å². The fourth-order valence-corrected chi connectivity index (χ4v) is 2.62. The first-order chi connectivity index (χ1) is 7.59. The largest absolute Gasteiger partial charge is 0.267 e. The highest BCUT2D eigenvalue weighted by atomic mass is 35.5. The molecule has 1 aromatic heterocycles. The number of aromatic amines is 1. The lowest BCUT2D eigenvalue weighted by Gasteiger charge is -2.06. The normalized spacial score (nSPS) is 11.6. The minimum absolute atomic E-state index is 0.0852. The number of aryl methyl sites for hydroxylation is 1. The molecule has 0 aliphatic carbocycles. The van der Waals surface area contributed by atoms with E-state index in [2.05, 4.69) is 14.9 Å². The van der Waals surface area contributed by atoms with Gasteiger partial charge in [0.15, 0.2) is 0 Å². The van der Waals surface area contributed by atoms with Gasteiger partial charge < -0.3 is 0 Å². The highest BCUT2D eigenvalue weighted by Crippen LogP contribution is 2.13. The molecule has 1 aromatic rings. The Balaban J connectivity index is 2.59. The molecule has 0 unspecified atom stereocenters. The van der Waals surface area contributed by atoms with E-state index in [0.717, 1.165) is 12.0 Å². The van der Waals surface area contributed by atoms with E-state index in [4.69, 9.17) is 11.6 Å². The number of unbranched alkanes of at least 4 members (excludes halogenated alkanes) is 1. The van der Waals surface area contributed by atoms with Crippen LogP contribution in [0.1, 0.15) is 25.3 Å². The van der Waals surface area contributed by atoms with Gasteiger partial charge in [-0.05, 0) is 19.3 Å². The third kappa shape index (κ3) is 4.02. The zero-order valence-electron chi connectivity index (χ0n) is 9.16. The van der Waals surface area contributed by atoms with Gasteiger partial charge in [0.2, 0.25) is 10.0 Å². The standard InChI is InChI=1S/C9H16ClN3O2S/c1-2-8-7-11-12-9(8)13-16(14,15)6-4-3-5-10/h7H,2-6H2,1H3,(H2,11,12,13). The number of aromatic nitrogens is 2. The van der Waals surface area contributed by atoms with Crippen LogP contribution in [0.2, 0.25) is 0 Å². The molecule has 0 bridgehead atoms. The van der Waals surface area contributed by atoms with Gasteiger partial charge >= 0.3 is 0 Å². The zero-order valence-corrected chi connectivity index (χ0v) is 10.7. The van der Waals surface area contributed by atoms with Crippen LogP contribution in [-0.4, -0.2) is 30.2 Å². The SMILES string of the molecule is CCc1cn[nH]c1NS(=O)(=O)CCCCCl. The molecule has 0 saturated heterocycles. The van der Waals surface area contributed by atoms with Crippen LogP contribution in [-0.2, 0) is 16.4 Å². The summed E-state index contributed by atoms with van der Waals surface area (Å²) in [6, 6.07) is 0. The number of nitrogens with one attached hydrogen (secondary N) is 2. The van der Waals surface area contributed by atoms with E-state index >= 15 is 0 Å². The molecule has 7 heteroatoms. The van der Waals surface area contributed by atoms with Crippen LogP contribution < -0.4 is 4.72 Å². The lowest BCUT2D eigenvalue weighted by Crippen LogP contribution is -2.17. The van der Waals surface area contributed by atoms with Gasteiger partial charge in [0.25, 0.3) is 0 Å². The van der Waals surface area contributed by atoms with Gasteiger partial charge in [-0.3, -0.25) is 9.82 Å². The fourth-order valence-electron chi connectivity index (χ4n) is 1.26. The second kappa shape index (κ2) is 6.10. The Labute approximate surface area is 101 Å². The molecule has 0 atom stereocenters. The first-order valence-electron chi connectivity index (χ1n) is 5.17. The van der Waals surface area contributed by atoms with Crippen LogP contribution in [0.5, 0.6) is 0 Å². The van der Waals surface area contributed by atoms with Gasteiger partial charge in [-0.1, -0.05) is 6.92 Å². The summed E-state index contributed by atoms with van der Waals surface area (Å²) in [5, 5.41) is 6.44. The van der Waals surface area contributed by atoms with Crippen molar-refractivity contribution in [3.05, 3.63) is 11.8 Å². The molecular weight excluding hydrogens is 250 g/mol. The van der Waals surface area contributed by atoms with Crippen molar-refractivity contribution in [3.63, 3.8) is 0 Å². The van der Waals surface area contributed by atoms with Crippen molar-refractivity contribution < 1.29 is 8.42 Å². The monoisotopic (exact) mass is 265 g/mol. The Bertz CT molecular complexity index is 416. The van der Waals surface area contributed by atoms with Gasteiger partial charge in [0.05, 0.1) is 11.9 Å². The minimum atomic E-state index is -3.29. The second-order valence-electron chi connectivity index (χ2n) is 3.44. The minimum Gasteiger partial charge on any atom is -0.267 e. The summed E-state index contributed by atoms with van der Waals surface area (Å²) in [4.78, 5) is 0. The average Bonchev–Trinajstić information content (AvgIpc) is 2.64. The molecule has 0 radical (unpaired) electrons. The highest BCUT2D eigenvalue weighted by molar-refractivity contribution is 7.92. The molecule has 1 heterocycles. The van der Waals surface area contributed by atoms with Gasteiger partial charge in [-0.25, -0.2) is 8.42 Å².